The van der Waals surface area contributed by atoms with Gasteiger partial charge < -0.3 is 5.11 Å². The van der Waals surface area contributed by atoms with Gasteiger partial charge in [0.05, 0.1) is 4.92 Å². The lowest BCUT2D eigenvalue weighted by Crippen LogP contribution is -2.36. The predicted octanol–water partition coefficient (Wildman–Crippen LogP) is 1.92. The zero-order chi connectivity index (χ0) is 12.4. The van der Waals surface area contributed by atoms with Gasteiger partial charge in [-0.3, -0.25) is 15.0 Å². The minimum absolute atomic E-state index is 0. The van der Waals surface area contributed by atoms with Crippen LogP contribution in [-0.4, -0.2) is 34.0 Å². The van der Waals surface area contributed by atoms with Gasteiger partial charge in [0.15, 0.2) is 0 Å². The summed E-state index contributed by atoms with van der Waals surface area (Å²) in [6.45, 7) is 2.63. The Morgan fingerprint density at radius 3 is 2.56 bits per heavy atom. The molecule has 1 aliphatic heterocycles. The largest absolute Gasteiger partial charge is 0.477 e. The fraction of sp³-hybridized carbons (Fsp3) is 0.364. The van der Waals surface area contributed by atoms with Gasteiger partial charge in [-0.1, -0.05) is 6.07 Å². The molecule has 0 aliphatic carbocycles. The predicted molar refractivity (Wildman–Crippen MR) is 67.2 cm³/mol. The lowest BCUT2D eigenvalue weighted by atomic mass is 10.1. The van der Waals surface area contributed by atoms with E-state index < -0.39 is 10.9 Å². The minimum Gasteiger partial charge on any atom is -0.477 e. The molecule has 0 amide bonds. The highest BCUT2D eigenvalue weighted by molar-refractivity contribution is 5.92. The maximum absolute atomic E-state index is 10.8. The van der Waals surface area contributed by atoms with Crippen molar-refractivity contribution >= 4 is 24.1 Å². The van der Waals surface area contributed by atoms with Crippen molar-refractivity contribution in [3.63, 3.8) is 0 Å². The van der Waals surface area contributed by atoms with Crippen LogP contribution in [0.1, 0.15) is 22.3 Å². The van der Waals surface area contributed by atoms with E-state index in [0.29, 0.717) is 6.54 Å². The van der Waals surface area contributed by atoms with E-state index in [2.05, 4.69) is 4.90 Å². The summed E-state index contributed by atoms with van der Waals surface area (Å²) >= 11 is 0. The molecule has 0 radical (unpaired) electrons. The second-order valence-electron chi connectivity index (χ2n) is 4.04. The molecule has 0 aromatic heterocycles. The standard InChI is InChI=1S/C11H12N2O4.ClH/c14-11(15)9-3-2-8(6-10(9)13(16)17)7-12-4-1-5-12;/h2-3,6H,1,4-5,7H2,(H,14,15);1H. The average molecular weight is 273 g/mol. The molecular formula is C11H13ClN2O4. The second kappa shape index (κ2) is 5.79. The molecule has 18 heavy (non-hydrogen) atoms. The van der Waals surface area contributed by atoms with Crippen molar-refractivity contribution in [2.45, 2.75) is 13.0 Å². The summed E-state index contributed by atoms with van der Waals surface area (Å²) in [7, 11) is 0. The van der Waals surface area contributed by atoms with Gasteiger partial charge in [0.1, 0.15) is 5.56 Å². The van der Waals surface area contributed by atoms with E-state index in [1.54, 1.807) is 6.07 Å². The molecule has 1 N–H and O–H groups in total. The van der Waals surface area contributed by atoms with Gasteiger partial charge in [-0.05, 0) is 31.1 Å². The number of carboxylic acids is 1. The Kier molecular flexibility index (Phi) is 4.63. The lowest BCUT2D eigenvalue weighted by molar-refractivity contribution is -0.385. The molecule has 1 heterocycles. The lowest BCUT2D eigenvalue weighted by Gasteiger charge is -2.30. The number of nitro benzene ring substituents is 1. The highest BCUT2D eigenvalue weighted by atomic mass is 35.5. The molecule has 1 aliphatic rings. The van der Waals surface area contributed by atoms with Crippen molar-refractivity contribution in [3.05, 3.63) is 39.4 Å². The monoisotopic (exact) mass is 272 g/mol. The molecule has 6 nitrogen and oxygen atoms in total. The molecule has 7 heteroatoms. The van der Waals surface area contributed by atoms with Gasteiger partial charge in [-0.25, -0.2) is 4.79 Å². The van der Waals surface area contributed by atoms with Crippen molar-refractivity contribution in [1.29, 1.82) is 0 Å². The van der Waals surface area contributed by atoms with Crippen LogP contribution in [-0.2, 0) is 6.54 Å². The van der Waals surface area contributed by atoms with Gasteiger partial charge in [0.25, 0.3) is 5.69 Å². The van der Waals surface area contributed by atoms with Crippen LogP contribution in [0.4, 0.5) is 5.69 Å². The van der Waals surface area contributed by atoms with Crippen LogP contribution in [0.25, 0.3) is 0 Å². The Bertz CT molecular complexity index is 474. The maximum Gasteiger partial charge on any atom is 0.342 e. The Labute approximate surface area is 110 Å². The van der Waals surface area contributed by atoms with Crippen LogP contribution in [0.5, 0.6) is 0 Å². The molecule has 98 valence electrons. The first-order chi connectivity index (χ1) is 8.08. The summed E-state index contributed by atoms with van der Waals surface area (Å²) in [5, 5.41) is 19.6. The second-order valence-corrected chi connectivity index (χ2v) is 4.04. The van der Waals surface area contributed by atoms with Gasteiger partial charge in [0.2, 0.25) is 0 Å². The van der Waals surface area contributed by atoms with Gasteiger partial charge in [0, 0.05) is 12.6 Å². The Hall–Kier alpha value is -1.66. The normalized spacial score (nSPS) is 14.4. The molecule has 2 rings (SSSR count). The number of hydrogen-bond acceptors (Lipinski definition) is 4. The molecule has 0 bridgehead atoms. The molecule has 1 aromatic carbocycles. The molecule has 0 spiro atoms. The Balaban J connectivity index is 0.00000162. The number of halogens is 1. The van der Waals surface area contributed by atoms with Crippen LogP contribution >= 0.6 is 12.4 Å². The highest BCUT2D eigenvalue weighted by Crippen LogP contribution is 2.22. The number of hydrogen-bond donors (Lipinski definition) is 1. The highest BCUT2D eigenvalue weighted by Gasteiger charge is 2.21. The van der Waals surface area contributed by atoms with Gasteiger partial charge in [-0.2, -0.15) is 0 Å². The summed E-state index contributed by atoms with van der Waals surface area (Å²) in [5.41, 5.74) is 0.180. The number of rotatable bonds is 4. The first-order valence-corrected chi connectivity index (χ1v) is 5.31. The van der Waals surface area contributed by atoms with Crippen LogP contribution in [0, 0.1) is 10.1 Å². The first kappa shape index (κ1) is 14.4. The van der Waals surface area contributed by atoms with E-state index >= 15 is 0 Å². The van der Waals surface area contributed by atoms with Crippen LogP contribution in [0.3, 0.4) is 0 Å². The maximum atomic E-state index is 10.8. The van der Waals surface area contributed by atoms with Crippen molar-refractivity contribution < 1.29 is 14.8 Å². The summed E-state index contributed by atoms with van der Waals surface area (Å²) in [4.78, 5) is 23.1. The summed E-state index contributed by atoms with van der Waals surface area (Å²) in [6, 6.07) is 4.28. The van der Waals surface area contributed by atoms with E-state index in [1.165, 1.54) is 12.1 Å². The van der Waals surface area contributed by atoms with Crippen molar-refractivity contribution in [3.8, 4) is 0 Å². The first-order valence-electron chi connectivity index (χ1n) is 5.31. The number of carbonyl (C=O) groups is 1. The van der Waals surface area contributed by atoms with Crippen molar-refractivity contribution in [2.24, 2.45) is 0 Å². The van der Waals surface area contributed by atoms with E-state index in [1.807, 2.05) is 0 Å². The number of carboxylic acid groups (broad SMARTS) is 1. The number of nitrogens with zero attached hydrogens (tertiary/aromatic N) is 2. The molecule has 0 unspecified atom stereocenters. The number of aromatic carboxylic acids is 1. The number of benzene rings is 1. The molecular weight excluding hydrogens is 260 g/mol. The van der Waals surface area contributed by atoms with Crippen LogP contribution in [0.15, 0.2) is 18.2 Å². The zero-order valence-electron chi connectivity index (χ0n) is 9.54. The van der Waals surface area contributed by atoms with E-state index in [9.17, 15) is 14.9 Å². The fourth-order valence-electron chi connectivity index (χ4n) is 1.81. The summed E-state index contributed by atoms with van der Waals surface area (Å²) in [6.07, 6.45) is 1.15. The third-order valence-electron chi connectivity index (χ3n) is 2.84. The van der Waals surface area contributed by atoms with E-state index in [4.69, 9.17) is 5.11 Å². The van der Waals surface area contributed by atoms with Crippen LogP contribution < -0.4 is 0 Å². The van der Waals surface area contributed by atoms with Crippen molar-refractivity contribution in [1.82, 2.24) is 4.90 Å². The number of likely N-dealkylation sites (tertiary alicyclic amines) is 1. The quantitative estimate of drug-likeness (QED) is 0.669. The number of nitro groups is 1. The van der Waals surface area contributed by atoms with E-state index in [-0.39, 0.29) is 23.7 Å². The van der Waals surface area contributed by atoms with Crippen LogP contribution in [0.2, 0.25) is 0 Å². The summed E-state index contributed by atoms with van der Waals surface area (Å²) < 4.78 is 0. The smallest absolute Gasteiger partial charge is 0.342 e. The molecule has 1 fully saturated rings. The molecule has 0 saturated carbocycles. The van der Waals surface area contributed by atoms with Gasteiger partial charge >= 0.3 is 5.97 Å². The SMILES string of the molecule is Cl.O=C(O)c1ccc(CN2CCC2)cc1[N+](=O)[O-]. The third kappa shape index (κ3) is 2.96. The topological polar surface area (TPSA) is 83.7 Å². The fourth-order valence-corrected chi connectivity index (χ4v) is 1.81. The molecule has 1 aromatic rings. The minimum atomic E-state index is -1.27. The van der Waals surface area contributed by atoms with Crippen molar-refractivity contribution in [2.75, 3.05) is 13.1 Å². The summed E-state index contributed by atoms with van der Waals surface area (Å²) in [5.74, 6) is -1.27. The Morgan fingerprint density at radius 1 is 1.44 bits per heavy atom. The molecule has 0 atom stereocenters. The average Bonchev–Trinajstić information content (AvgIpc) is 2.23. The van der Waals surface area contributed by atoms with Gasteiger partial charge in [-0.15, -0.1) is 12.4 Å². The zero-order valence-corrected chi connectivity index (χ0v) is 10.4. The Morgan fingerprint density at radius 2 is 2.11 bits per heavy atom. The molecule has 1 saturated heterocycles. The van der Waals surface area contributed by atoms with E-state index in [0.717, 1.165) is 25.1 Å². The third-order valence-corrected chi connectivity index (χ3v) is 2.84.